The van der Waals surface area contributed by atoms with Crippen molar-refractivity contribution in [2.75, 3.05) is 13.6 Å². The maximum atomic E-state index is 12.7. The van der Waals surface area contributed by atoms with Gasteiger partial charge in [0, 0.05) is 16.7 Å². The highest BCUT2D eigenvalue weighted by Gasteiger charge is 2.14. The fourth-order valence-electron chi connectivity index (χ4n) is 3.14. The summed E-state index contributed by atoms with van der Waals surface area (Å²) in [5, 5.41) is 9.67. The van der Waals surface area contributed by atoms with Crippen LogP contribution in [0, 0.1) is 0 Å². The second-order valence-corrected chi connectivity index (χ2v) is 8.37. The molecule has 0 heterocycles. The van der Waals surface area contributed by atoms with Crippen molar-refractivity contribution < 1.29 is 43.2 Å². The van der Waals surface area contributed by atoms with Gasteiger partial charge in [0.25, 0.3) is 0 Å². The van der Waals surface area contributed by atoms with E-state index in [1.165, 1.54) is 25.1 Å². The Morgan fingerprint density at radius 3 is 1.74 bits per heavy atom. The summed E-state index contributed by atoms with van der Waals surface area (Å²) in [6.45, 7) is 9.07. The van der Waals surface area contributed by atoms with Crippen molar-refractivity contribution in [3.8, 4) is 28.4 Å². The number of ether oxygens (including phenoxy) is 5. The molecule has 0 fully saturated rings. The highest BCUT2D eigenvalue weighted by molar-refractivity contribution is 5.91. The van der Waals surface area contributed by atoms with Crippen LogP contribution in [0.25, 0.3) is 11.1 Å². The maximum absolute atomic E-state index is 12.7. The van der Waals surface area contributed by atoms with Crippen LogP contribution < -0.4 is 14.2 Å². The number of hydrogen-bond donors (Lipinski definition) is 1. The van der Waals surface area contributed by atoms with Crippen LogP contribution in [0.4, 0.5) is 0 Å². The Bertz CT molecular complexity index is 1360. The monoisotopic (exact) mass is 532 g/mol. The maximum Gasteiger partial charge on any atom is 0.343 e. The van der Waals surface area contributed by atoms with E-state index in [9.17, 15) is 19.5 Å². The van der Waals surface area contributed by atoms with Gasteiger partial charge in [0.15, 0.2) is 0 Å². The zero-order valence-corrected chi connectivity index (χ0v) is 21.6. The molecule has 0 aliphatic heterocycles. The van der Waals surface area contributed by atoms with Gasteiger partial charge in [0.05, 0.1) is 12.2 Å². The largest absolute Gasteiger partial charge is 0.457 e. The Labute approximate surface area is 225 Å². The summed E-state index contributed by atoms with van der Waals surface area (Å²) < 4.78 is 26.0. The third-order valence-corrected chi connectivity index (χ3v) is 5.24. The van der Waals surface area contributed by atoms with Crippen molar-refractivity contribution in [2.45, 2.75) is 20.5 Å². The zero-order valence-electron chi connectivity index (χ0n) is 21.6. The molecule has 3 rings (SSSR count). The van der Waals surface area contributed by atoms with Crippen LogP contribution in [0.15, 0.2) is 91.0 Å². The Morgan fingerprint density at radius 2 is 1.23 bits per heavy atom. The van der Waals surface area contributed by atoms with Gasteiger partial charge < -0.3 is 28.8 Å². The summed E-state index contributed by atoms with van der Waals surface area (Å²) in [5.41, 5.74) is 2.84. The molecule has 39 heavy (non-hydrogen) atoms. The fourth-order valence-corrected chi connectivity index (χ4v) is 3.14. The van der Waals surface area contributed by atoms with Crippen LogP contribution in [0.2, 0.25) is 0 Å². The molecule has 1 N–H and O–H groups in total. The topological polar surface area (TPSA) is 118 Å². The molecule has 3 aromatic carbocycles. The number of benzene rings is 3. The summed E-state index contributed by atoms with van der Waals surface area (Å²) in [6.07, 6.45) is 0. The SMILES string of the molecule is C=C(C)C(=O)OCOc1ccc(-c2ccc(OC(=O)c3ccc(OCOC(=O)C(=C)C)c(CO)c3)cc2)cc1. The molecular weight excluding hydrogens is 504 g/mol. The third kappa shape index (κ3) is 8.31. The standard InChI is InChI=1S/C30H28O9/c1-19(2)28(32)37-17-35-25-10-5-21(6-11-25)22-7-12-26(13-8-22)39-30(34)23-9-14-27(24(15-23)16-31)36-18-38-29(33)20(3)4/h5-15,31H,1,3,16-18H2,2,4H3. The summed E-state index contributed by atoms with van der Waals surface area (Å²) in [5.74, 6) is -0.613. The van der Waals surface area contributed by atoms with Crippen molar-refractivity contribution in [3.05, 3.63) is 102 Å². The minimum absolute atomic E-state index is 0.207. The highest BCUT2D eigenvalue weighted by atomic mass is 16.7. The van der Waals surface area contributed by atoms with Gasteiger partial charge >= 0.3 is 17.9 Å². The molecule has 9 heteroatoms. The molecule has 0 unspecified atom stereocenters. The Morgan fingerprint density at radius 1 is 0.718 bits per heavy atom. The minimum atomic E-state index is -0.619. The first-order chi connectivity index (χ1) is 18.7. The lowest BCUT2D eigenvalue weighted by atomic mass is 10.1. The van der Waals surface area contributed by atoms with Crippen LogP contribution >= 0.6 is 0 Å². The molecule has 0 bridgehead atoms. The van der Waals surface area contributed by atoms with E-state index in [2.05, 4.69) is 13.2 Å². The molecule has 0 saturated heterocycles. The van der Waals surface area contributed by atoms with Gasteiger partial charge in [0.2, 0.25) is 13.6 Å². The van der Waals surface area contributed by atoms with Gasteiger partial charge in [0.1, 0.15) is 17.2 Å². The van der Waals surface area contributed by atoms with Crippen molar-refractivity contribution in [1.29, 1.82) is 0 Å². The molecule has 0 amide bonds. The second kappa shape index (κ2) is 13.6. The van der Waals surface area contributed by atoms with Gasteiger partial charge in [-0.3, -0.25) is 0 Å². The fraction of sp³-hybridized carbons (Fsp3) is 0.167. The van der Waals surface area contributed by atoms with Crippen LogP contribution in [-0.2, 0) is 25.7 Å². The quantitative estimate of drug-likeness (QED) is 0.149. The van der Waals surface area contributed by atoms with Crippen LogP contribution in [0.1, 0.15) is 29.8 Å². The minimum Gasteiger partial charge on any atom is -0.457 e. The number of carbonyl (C=O) groups excluding carboxylic acids is 3. The molecule has 0 saturated carbocycles. The first kappa shape index (κ1) is 28.7. The first-order valence-corrected chi connectivity index (χ1v) is 11.7. The van der Waals surface area contributed by atoms with Gasteiger partial charge in [-0.2, -0.15) is 0 Å². The summed E-state index contributed by atoms with van der Waals surface area (Å²) in [6, 6.07) is 18.5. The van der Waals surface area contributed by atoms with Gasteiger partial charge in [-0.25, -0.2) is 14.4 Å². The van der Waals surface area contributed by atoms with Gasteiger partial charge in [-0.05, 0) is 67.4 Å². The summed E-state index contributed by atoms with van der Waals surface area (Å²) in [4.78, 5) is 35.5. The van der Waals surface area contributed by atoms with E-state index in [0.29, 0.717) is 22.6 Å². The molecule has 0 aliphatic rings. The van der Waals surface area contributed by atoms with Crippen molar-refractivity contribution in [2.24, 2.45) is 0 Å². The van der Waals surface area contributed by atoms with Crippen molar-refractivity contribution >= 4 is 17.9 Å². The highest BCUT2D eigenvalue weighted by Crippen LogP contribution is 2.26. The first-order valence-electron chi connectivity index (χ1n) is 11.7. The number of rotatable bonds is 12. The molecule has 0 aromatic heterocycles. The van der Waals surface area contributed by atoms with E-state index in [4.69, 9.17) is 23.7 Å². The third-order valence-electron chi connectivity index (χ3n) is 5.24. The number of hydrogen-bond acceptors (Lipinski definition) is 9. The molecule has 9 nitrogen and oxygen atoms in total. The molecular formula is C30H28O9. The molecule has 0 aliphatic carbocycles. The van der Waals surface area contributed by atoms with Crippen LogP contribution in [0.3, 0.4) is 0 Å². The zero-order chi connectivity index (χ0) is 28.4. The Balaban J connectivity index is 1.57. The van der Waals surface area contributed by atoms with E-state index in [-0.39, 0.29) is 30.5 Å². The van der Waals surface area contributed by atoms with Crippen molar-refractivity contribution in [1.82, 2.24) is 0 Å². The average Bonchev–Trinajstić information content (AvgIpc) is 2.93. The smallest absolute Gasteiger partial charge is 0.343 e. The van der Waals surface area contributed by atoms with Crippen LogP contribution in [0.5, 0.6) is 17.2 Å². The summed E-state index contributed by atoms with van der Waals surface area (Å²) in [7, 11) is 0. The lowest BCUT2D eigenvalue weighted by Crippen LogP contribution is -2.12. The number of esters is 3. The summed E-state index contributed by atoms with van der Waals surface area (Å²) >= 11 is 0. The lowest BCUT2D eigenvalue weighted by molar-refractivity contribution is -0.146. The van der Waals surface area contributed by atoms with Crippen LogP contribution in [-0.4, -0.2) is 36.6 Å². The average molecular weight is 533 g/mol. The van der Waals surface area contributed by atoms with E-state index >= 15 is 0 Å². The molecule has 0 spiro atoms. The second-order valence-electron chi connectivity index (χ2n) is 8.37. The number of aliphatic hydroxyl groups excluding tert-OH is 1. The lowest BCUT2D eigenvalue weighted by Gasteiger charge is -2.12. The number of aliphatic hydroxyl groups is 1. The van der Waals surface area contributed by atoms with E-state index in [0.717, 1.165) is 11.1 Å². The molecule has 202 valence electrons. The van der Waals surface area contributed by atoms with Gasteiger partial charge in [-0.1, -0.05) is 37.4 Å². The van der Waals surface area contributed by atoms with Crippen molar-refractivity contribution in [3.63, 3.8) is 0 Å². The van der Waals surface area contributed by atoms with Gasteiger partial charge in [-0.15, -0.1) is 0 Å². The predicted octanol–water partition coefficient (Wildman–Crippen LogP) is 4.98. The predicted molar refractivity (Wildman–Crippen MR) is 142 cm³/mol. The normalized spacial score (nSPS) is 10.2. The Kier molecular flexibility index (Phi) is 10.00. The Hall–Kier alpha value is -4.89. The van der Waals surface area contributed by atoms with E-state index in [1.807, 2.05) is 12.1 Å². The molecule has 0 atom stereocenters. The number of carbonyl (C=O) groups is 3. The molecule has 0 radical (unpaired) electrons. The van der Waals surface area contributed by atoms with E-state index in [1.54, 1.807) is 43.3 Å². The molecule has 3 aromatic rings. The van der Waals surface area contributed by atoms with E-state index < -0.39 is 24.5 Å².